The Hall–Kier alpha value is -2.93. The fraction of sp³-hybridized carbons (Fsp3) is 0.0625. The summed E-state index contributed by atoms with van der Waals surface area (Å²) in [6.45, 7) is 0. The van der Waals surface area contributed by atoms with Crippen LogP contribution in [0.25, 0.3) is 11.4 Å². The van der Waals surface area contributed by atoms with Crippen LogP contribution in [0.3, 0.4) is 0 Å². The normalized spacial score (nSPS) is 11.0. The van der Waals surface area contributed by atoms with Gasteiger partial charge in [0.25, 0.3) is 0 Å². The van der Waals surface area contributed by atoms with Gasteiger partial charge in [-0.1, -0.05) is 0 Å². The van der Waals surface area contributed by atoms with E-state index in [1.54, 1.807) is 37.6 Å². The zero-order valence-electron chi connectivity index (χ0n) is 12.3. The molecule has 0 atom stereocenters. The molecule has 2 N–H and O–H groups in total. The van der Waals surface area contributed by atoms with Gasteiger partial charge in [0.05, 0.1) is 13.3 Å². The molecule has 0 aliphatic rings. The van der Waals surface area contributed by atoms with Gasteiger partial charge in [0.1, 0.15) is 11.5 Å². The summed E-state index contributed by atoms with van der Waals surface area (Å²) >= 11 is 5.22. The molecule has 0 saturated heterocycles. The molecular formula is C16H14N4O2S. The number of aromatic hydroxyl groups is 1. The topological polar surface area (TPSA) is 75.4 Å². The Kier molecular flexibility index (Phi) is 4.20. The molecule has 0 unspecified atom stereocenters. The van der Waals surface area contributed by atoms with Gasteiger partial charge in [-0.2, -0.15) is 14.9 Å². The van der Waals surface area contributed by atoms with Crippen molar-refractivity contribution in [2.24, 2.45) is 5.10 Å². The summed E-state index contributed by atoms with van der Waals surface area (Å²) < 4.78 is 7.04. The molecule has 116 valence electrons. The highest BCUT2D eigenvalue weighted by Crippen LogP contribution is 2.20. The molecule has 1 heterocycles. The van der Waals surface area contributed by atoms with Crippen molar-refractivity contribution in [3.05, 3.63) is 58.9 Å². The Bertz CT molecular complexity index is 880. The van der Waals surface area contributed by atoms with Crippen molar-refractivity contribution in [2.45, 2.75) is 0 Å². The summed E-state index contributed by atoms with van der Waals surface area (Å²) in [7, 11) is 1.62. The van der Waals surface area contributed by atoms with Crippen LogP contribution in [0.1, 0.15) is 5.56 Å². The number of hydrogen-bond acceptors (Lipinski definition) is 5. The van der Waals surface area contributed by atoms with E-state index in [-0.39, 0.29) is 5.75 Å². The molecule has 1 aromatic heterocycles. The first kappa shape index (κ1) is 15.0. The number of nitrogens with one attached hydrogen (secondary N) is 1. The van der Waals surface area contributed by atoms with Crippen molar-refractivity contribution < 1.29 is 9.84 Å². The lowest BCUT2D eigenvalue weighted by atomic mass is 10.2. The van der Waals surface area contributed by atoms with E-state index in [0.717, 1.165) is 16.9 Å². The van der Waals surface area contributed by atoms with Crippen molar-refractivity contribution in [3.63, 3.8) is 0 Å². The third-order valence-corrected chi connectivity index (χ3v) is 3.48. The largest absolute Gasteiger partial charge is 0.508 e. The Labute approximate surface area is 137 Å². The molecule has 6 nitrogen and oxygen atoms in total. The summed E-state index contributed by atoms with van der Waals surface area (Å²) in [5.41, 5.74) is 1.70. The van der Waals surface area contributed by atoms with Crippen LogP contribution >= 0.6 is 12.2 Å². The molecule has 2 aromatic carbocycles. The van der Waals surface area contributed by atoms with E-state index < -0.39 is 0 Å². The maximum Gasteiger partial charge on any atom is 0.216 e. The zero-order valence-corrected chi connectivity index (χ0v) is 13.1. The van der Waals surface area contributed by atoms with Crippen LogP contribution in [-0.2, 0) is 0 Å². The van der Waals surface area contributed by atoms with Crippen molar-refractivity contribution in [1.29, 1.82) is 0 Å². The van der Waals surface area contributed by atoms with Crippen molar-refractivity contribution >= 4 is 18.4 Å². The molecule has 0 saturated carbocycles. The predicted octanol–water partition coefficient (Wildman–Crippen LogP) is 3.20. The minimum absolute atomic E-state index is 0.191. The lowest BCUT2D eigenvalue weighted by Gasteiger charge is -2.02. The molecule has 3 rings (SSSR count). The second-order valence-electron chi connectivity index (χ2n) is 4.73. The summed E-state index contributed by atoms with van der Waals surface area (Å²) in [5, 5.41) is 20.7. The number of benzene rings is 2. The van der Waals surface area contributed by atoms with Crippen LogP contribution in [0.4, 0.5) is 0 Å². The fourth-order valence-corrected chi connectivity index (χ4v) is 2.19. The second kappa shape index (κ2) is 6.45. The molecular weight excluding hydrogens is 312 g/mol. The van der Waals surface area contributed by atoms with E-state index >= 15 is 0 Å². The third kappa shape index (κ3) is 3.29. The molecule has 0 fully saturated rings. The van der Waals surface area contributed by atoms with Gasteiger partial charge in [0.2, 0.25) is 4.77 Å². The molecule has 3 aromatic rings. The SMILES string of the molecule is COc1ccc(/C=N/n2c(-c3ccc(O)cc3)n[nH]c2=S)cc1. The minimum atomic E-state index is 0.191. The lowest BCUT2D eigenvalue weighted by molar-refractivity contribution is 0.415. The molecule has 0 aliphatic heterocycles. The second-order valence-corrected chi connectivity index (χ2v) is 5.12. The number of hydrogen-bond donors (Lipinski definition) is 2. The van der Waals surface area contributed by atoms with E-state index in [4.69, 9.17) is 17.0 Å². The fourth-order valence-electron chi connectivity index (χ4n) is 2.01. The van der Waals surface area contributed by atoms with Gasteiger partial charge < -0.3 is 9.84 Å². The molecule has 0 spiro atoms. The maximum absolute atomic E-state index is 9.38. The van der Waals surface area contributed by atoms with Crippen LogP contribution in [0.2, 0.25) is 0 Å². The number of phenols is 1. The van der Waals surface area contributed by atoms with E-state index in [1.807, 2.05) is 24.3 Å². The van der Waals surface area contributed by atoms with Gasteiger partial charge in [-0.05, 0) is 66.3 Å². The van der Waals surface area contributed by atoms with E-state index in [1.165, 1.54) is 4.68 Å². The lowest BCUT2D eigenvalue weighted by Crippen LogP contribution is -1.95. The quantitative estimate of drug-likeness (QED) is 0.570. The number of H-pyrrole nitrogens is 1. The first-order chi connectivity index (χ1) is 11.2. The number of aromatic nitrogens is 3. The monoisotopic (exact) mass is 326 g/mol. The third-order valence-electron chi connectivity index (χ3n) is 3.21. The molecule has 7 heteroatoms. The standard InChI is InChI=1S/C16H14N4O2S/c1-22-14-8-2-11(3-9-14)10-17-20-15(18-19-16(20)23)12-4-6-13(21)7-5-12/h2-10,21H,1H3,(H,19,23)/b17-10+. The smallest absolute Gasteiger partial charge is 0.216 e. The Balaban J connectivity index is 1.93. The van der Waals surface area contributed by atoms with Gasteiger partial charge in [-0.25, -0.2) is 5.10 Å². The van der Waals surface area contributed by atoms with Gasteiger partial charge in [-0.3, -0.25) is 0 Å². The van der Waals surface area contributed by atoms with E-state index in [9.17, 15) is 5.11 Å². The highest BCUT2D eigenvalue weighted by atomic mass is 32.1. The zero-order chi connectivity index (χ0) is 16.2. The summed E-state index contributed by atoms with van der Waals surface area (Å²) in [6.07, 6.45) is 1.69. The van der Waals surface area contributed by atoms with Crippen molar-refractivity contribution in [2.75, 3.05) is 7.11 Å². The number of nitrogens with zero attached hydrogens (tertiary/aromatic N) is 3. The summed E-state index contributed by atoms with van der Waals surface area (Å²) in [5.74, 6) is 1.54. The van der Waals surface area contributed by atoms with Gasteiger partial charge in [0, 0.05) is 5.56 Å². The first-order valence-electron chi connectivity index (χ1n) is 6.82. The number of methoxy groups -OCH3 is 1. The Morgan fingerprint density at radius 3 is 2.52 bits per heavy atom. The number of aromatic amines is 1. The maximum atomic E-state index is 9.38. The van der Waals surface area contributed by atoms with Gasteiger partial charge in [0.15, 0.2) is 5.82 Å². The predicted molar refractivity (Wildman–Crippen MR) is 90.5 cm³/mol. The Morgan fingerprint density at radius 2 is 1.87 bits per heavy atom. The molecule has 0 bridgehead atoms. The average molecular weight is 326 g/mol. The summed E-state index contributed by atoms with van der Waals surface area (Å²) in [6, 6.07) is 14.2. The van der Waals surface area contributed by atoms with Gasteiger partial charge in [-0.15, -0.1) is 0 Å². The van der Waals surface area contributed by atoms with E-state index in [0.29, 0.717) is 10.6 Å². The average Bonchev–Trinajstić information content (AvgIpc) is 2.95. The number of rotatable bonds is 4. The van der Waals surface area contributed by atoms with Crippen LogP contribution in [0.15, 0.2) is 53.6 Å². The van der Waals surface area contributed by atoms with Crippen molar-refractivity contribution in [1.82, 2.24) is 14.9 Å². The Morgan fingerprint density at radius 1 is 1.17 bits per heavy atom. The minimum Gasteiger partial charge on any atom is -0.508 e. The highest BCUT2D eigenvalue weighted by molar-refractivity contribution is 7.71. The highest BCUT2D eigenvalue weighted by Gasteiger charge is 2.07. The summed E-state index contributed by atoms with van der Waals surface area (Å²) in [4.78, 5) is 0. The van der Waals surface area contributed by atoms with Gasteiger partial charge >= 0.3 is 0 Å². The van der Waals surface area contributed by atoms with Crippen molar-refractivity contribution in [3.8, 4) is 22.9 Å². The van der Waals surface area contributed by atoms with Crippen LogP contribution in [0.5, 0.6) is 11.5 Å². The van der Waals surface area contributed by atoms with Crippen LogP contribution in [0, 0.1) is 4.77 Å². The molecule has 0 radical (unpaired) electrons. The molecule has 23 heavy (non-hydrogen) atoms. The molecule has 0 amide bonds. The first-order valence-corrected chi connectivity index (χ1v) is 7.23. The van der Waals surface area contributed by atoms with Crippen LogP contribution < -0.4 is 4.74 Å². The number of ether oxygens (including phenoxy) is 1. The van der Waals surface area contributed by atoms with Crippen LogP contribution in [-0.4, -0.2) is 33.3 Å². The number of phenolic OH excluding ortho intramolecular Hbond substituents is 1. The molecule has 0 aliphatic carbocycles. The van der Waals surface area contributed by atoms with E-state index in [2.05, 4.69) is 15.3 Å².